The van der Waals surface area contributed by atoms with E-state index in [1.54, 1.807) is 30.6 Å². The maximum absolute atomic E-state index is 13.0. The highest BCUT2D eigenvalue weighted by molar-refractivity contribution is 9.10. The van der Waals surface area contributed by atoms with Crippen molar-refractivity contribution in [2.24, 2.45) is 4.99 Å². The number of aryl methyl sites for hydroxylation is 1. The Bertz CT molecular complexity index is 753. The Kier molecular flexibility index (Phi) is 6.87. The Balaban J connectivity index is 2.16. The number of aliphatic imine (C=N–C) groups is 1. The third kappa shape index (κ3) is 5.22. The summed E-state index contributed by atoms with van der Waals surface area (Å²) in [5.74, 6) is 0.351. The summed E-state index contributed by atoms with van der Waals surface area (Å²) in [5.41, 5.74) is 1.82. The van der Waals surface area contributed by atoms with Gasteiger partial charge in [0.25, 0.3) is 6.43 Å². The van der Waals surface area contributed by atoms with Crippen LogP contribution in [-0.2, 0) is 6.61 Å². The molecule has 1 aromatic heterocycles. The van der Waals surface area contributed by atoms with Gasteiger partial charge in [-0.2, -0.15) is 0 Å². The maximum Gasteiger partial charge on any atom is 0.264 e. The number of nitrogens with zero attached hydrogens (tertiary/aromatic N) is 3. The van der Waals surface area contributed by atoms with E-state index in [1.165, 1.54) is 6.07 Å². The number of hydrogen-bond acceptors (Lipinski definition) is 3. The van der Waals surface area contributed by atoms with Gasteiger partial charge in [0.1, 0.15) is 6.61 Å². The lowest BCUT2D eigenvalue weighted by atomic mass is 10.1. The first-order chi connectivity index (χ1) is 11.9. The Morgan fingerprint density at radius 2 is 2.08 bits per heavy atom. The molecule has 25 heavy (non-hydrogen) atoms. The number of alkyl halides is 2. The molecule has 0 aliphatic rings. The van der Waals surface area contributed by atoms with Crippen molar-refractivity contribution in [1.29, 1.82) is 0 Å². The highest BCUT2D eigenvalue weighted by atomic mass is 79.9. The van der Waals surface area contributed by atoms with Crippen LogP contribution in [0.25, 0.3) is 0 Å². The Morgan fingerprint density at radius 1 is 1.36 bits per heavy atom. The topological polar surface area (TPSA) is 37.7 Å². The molecule has 0 unspecified atom stereocenters. The van der Waals surface area contributed by atoms with E-state index in [2.05, 4.69) is 25.9 Å². The first-order valence-electron chi connectivity index (χ1n) is 7.82. The van der Waals surface area contributed by atoms with E-state index in [9.17, 15) is 8.78 Å². The smallest absolute Gasteiger partial charge is 0.264 e. The average Bonchev–Trinajstić information content (AvgIpc) is 2.60. The fourth-order valence-corrected chi connectivity index (χ4v) is 2.47. The summed E-state index contributed by atoms with van der Waals surface area (Å²) in [4.78, 5) is 10.7. The Labute approximate surface area is 154 Å². The largest absolute Gasteiger partial charge is 0.472 e. The van der Waals surface area contributed by atoms with E-state index < -0.39 is 6.43 Å². The molecule has 1 heterocycles. The number of halogens is 3. The van der Waals surface area contributed by atoms with Crippen LogP contribution in [0.2, 0.25) is 0 Å². The van der Waals surface area contributed by atoms with Crippen LogP contribution in [0.1, 0.15) is 30.2 Å². The monoisotopic (exact) mass is 411 g/mol. The van der Waals surface area contributed by atoms with Crippen molar-refractivity contribution in [1.82, 2.24) is 9.88 Å². The first-order valence-corrected chi connectivity index (χ1v) is 8.62. The van der Waals surface area contributed by atoms with Crippen LogP contribution in [0.5, 0.6) is 5.88 Å². The van der Waals surface area contributed by atoms with E-state index in [1.807, 2.05) is 25.8 Å². The number of rotatable bonds is 7. The summed E-state index contributed by atoms with van der Waals surface area (Å²) in [6.07, 6.45) is -0.805. The first kappa shape index (κ1) is 19.3. The zero-order chi connectivity index (χ0) is 18.4. The second-order valence-corrected chi connectivity index (χ2v) is 6.34. The molecule has 2 rings (SSSR count). The number of pyridine rings is 1. The van der Waals surface area contributed by atoms with E-state index >= 15 is 0 Å². The second-order valence-electron chi connectivity index (χ2n) is 5.49. The average molecular weight is 412 g/mol. The molecule has 0 aliphatic heterocycles. The second kappa shape index (κ2) is 8.89. The fourth-order valence-electron chi connectivity index (χ4n) is 2.05. The van der Waals surface area contributed by atoms with Gasteiger partial charge in [-0.15, -0.1) is 0 Å². The molecule has 0 amide bonds. The van der Waals surface area contributed by atoms with E-state index in [4.69, 9.17) is 4.74 Å². The summed E-state index contributed by atoms with van der Waals surface area (Å²) in [6.45, 7) is 4.72. The van der Waals surface area contributed by atoms with Crippen molar-refractivity contribution in [2.45, 2.75) is 26.9 Å². The summed E-state index contributed by atoms with van der Waals surface area (Å²) in [6, 6.07) is 8.13. The van der Waals surface area contributed by atoms with Crippen LogP contribution in [0.15, 0.2) is 39.8 Å². The molecule has 134 valence electrons. The van der Waals surface area contributed by atoms with Crippen molar-refractivity contribution in [3.05, 3.63) is 51.6 Å². The van der Waals surface area contributed by atoms with Crippen LogP contribution in [-0.4, -0.2) is 29.8 Å². The minimum absolute atomic E-state index is 0.0206. The molecule has 1 aromatic carbocycles. The maximum atomic E-state index is 13.0. The molecule has 0 radical (unpaired) electrons. The predicted molar refractivity (Wildman–Crippen MR) is 98.9 cm³/mol. The molecule has 0 bridgehead atoms. The number of aromatic nitrogens is 1. The van der Waals surface area contributed by atoms with Gasteiger partial charge in [-0.25, -0.2) is 18.8 Å². The highest BCUT2D eigenvalue weighted by Crippen LogP contribution is 2.31. The van der Waals surface area contributed by atoms with Crippen LogP contribution in [0.3, 0.4) is 0 Å². The molecule has 7 heteroatoms. The summed E-state index contributed by atoms with van der Waals surface area (Å²) >= 11 is 3.40. The Hall–Kier alpha value is -2.02. The van der Waals surface area contributed by atoms with Crippen molar-refractivity contribution in [3.8, 4) is 5.88 Å². The van der Waals surface area contributed by atoms with Gasteiger partial charge in [0.05, 0.1) is 22.2 Å². The molecule has 4 nitrogen and oxygen atoms in total. The Morgan fingerprint density at radius 3 is 2.76 bits per heavy atom. The quantitative estimate of drug-likeness (QED) is 0.459. The van der Waals surface area contributed by atoms with Crippen LogP contribution in [0, 0.1) is 6.92 Å². The number of benzene rings is 1. The van der Waals surface area contributed by atoms with E-state index in [-0.39, 0.29) is 12.2 Å². The SMILES string of the molecule is CCN(C)/C=N/c1cc(Br)c(OCc2ccccc2C(F)F)nc1C. The minimum atomic E-state index is -2.54. The number of ether oxygens (including phenoxy) is 1. The summed E-state index contributed by atoms with van der Waals surface area (Å²) < 4.78 is 32.3. The van der Waals surface area contributed by atoms with Crippen molar-refractivity contribution >= 4 is 28.0 Å². The summed E-state index contributed by atoms with van der Waals surface area (Å²) in [5, 5.41) is 0. The molecule has 0 spiro atoms. The summed E-state index contributed by atoms with van der Waals surface area (Å²) in [7, 11) is 1.93. The van der Waals surface area contributed by atoms with Gasteiger partial charge in [0.2, 0.25) is 5.88 Å². The van der Waals surface area contributed by atoms with Crippen LogP contribution < -0.4 is 4.74 Å². The van der Waals surface area contributed by atoms with Crippen LogP contribution in [0.4, 0.5) is 14.5 Å². The number of hydrogen-bond donors (Lipinski definition) is 0. The predicted octanol–water partition coefficient (Wildman–Crippen LogP) is 5.28. The molecule has 0 fully saturated rings. The van der Waals surface area contributed by atoms with Gasteiger partial charge in [0, 0.05) is 19.2 Å². The molecule has 0 saturated carbocycles. The van der Waals surface area contributed by atoms with Crippen LogP contribution >= 0.6 is 15.9 Å². The van der Waals surface area contributed by atoms with Gasteiger partial charge >= 0.3 is 0 Å². The van der Waals surface area contributed by atoms with Crippen molar-refractivity contribution < 1.29 is 13.5 Å². The molecule has 0 aliphatic carbocycles. The van der Waals surface area contributed by atoms with Gasteiger partial charge in [-0.1, -0.05) is 24.3 Å². The van der Waals surface area contributed by atoms with E-state index in [0.29, 0.717) is 27.3 Å². The van der Waals surface area contributed by atoms with Gasteiger partial charge in [-0.3, -0.25) is 0 Å². The van der Waals surface area contributed by atoms with Crippen molar-refractivity contribution in [3.63, 3.8) is 0 Å². The lowest BCUT2D eigenvalue weighted by Gasteiger charge is -2.13. The fraction of sp³-hybridized carbons (Fsp3) is 0.333. The zero-order valence-corrected chi connectivity index (χ0v) is 15.9. The third-order valence-electron chi connectivity index (χ3n) is 3.66. The standard InChI is InChI=1S/C18H20BrF2N3O/c1-4-24(3)11-22-16-9-15(19)18(23-12(16)2)25-10-13-7-5-6-8-14(13)17(20)21/h5-9,11,17H,4,10H2,1-3H3/b22-11+. The zero-order valence-electron chi connectivity index (χ0n) is 14.3. The lowest BCUT2D eigenvalue weighted by molar-refractivity contribution is 0.147. The molecule has 0 saturated heterocycles. The third-order valence-corrected chi connectivity index (χ3v) is 4.22. The van der Waals surface area contributed by atoms with Gasteiger partial charge in [0.15, 0.2) is 0 Å². The molecule has 2 aromatic rings. The lowest BCUT2D eigenvalue weighted by Crippen LogP contribution is -2.14. The molecular formula is C18H20BrF2N3O. The van der Waals surface area contributed by atoms with Gasteiger partial charge < -0.3 is 9.64 Å². The highest BCUT2D eigenvalue weighted by Gasteiger charge is 2.14. The van der Waals surface area contributed by atoms with Crippen molar-refractivity contribution in [2.75, 3.05) is 13.6 Å². The normalized spacial score (nSPS) is 11.3. The molecule has 0 N–H and O–H groups in total. The van der Waals surface area contributed by atoms with E-state index in [0.717, 1.165) is 6.54 Å². The molecular weight excluding hydrogens is 392 g/mol. The van der Waals surface area contributed by atoms with Gasteiger partial charge in [-0.05, 0) is 41.4 Å². The molecule has 0 atom stereocenters. The minimum Gasteiger partial charge on any atom is -0.472 e.